The number of anilines is 1. The minimum absolute atomic E-state index is 0.0390. The van der Waals surface area contributed by atoms with Crippen LogP contribution in [0.4, 0.5) is 10.2 Å². The van der Waals surface area contributed by atoms with Crippen LogP contribution in [-0.2, 0) is 6.54 Å². The maximum atomic E-state index is 14.3. The molecule has 158 valence electrons. The number of aromatic amines is 1. The highest BCUT2D eigenvalue weighted by Gasteiger charge is 2.35. The summed E-state index contributed by atoms with van der Waals surface area (Å²) in [5.41, 5.74) is 12.1. The number of nitrogens with one attached hydrogen (secondary N) is 1. The molecular formula is C23H18FN7O. The molecule has 0 aliphatic carbocycles. The van der Waals surface area contributed by atoms with Crippen molar-refractivity contribution in [3.8, 4) is 34.2 Å². The molecule has 4 aromatic rings. The van der Waals surface area contributed by atoms with Gasteiger partial charge < -0.3 is 10.5 Å². The Balaban J connectivity index is 1.70. The van der Waals surface area contributed by atoms with E-state index in [0.717, 1.165) is 34.5 Å². The van der Waals surface area contributed by atoms with E-state index in [0.29, 0.717) is 29.1 Å². The fourth-order valence-corrected chi connectivity index (χ4v) is 4.87. The number of nitrogen functional groups attached to an aromatic ring is 1. The lowest BCUT2D eigenvalue weighted by atomic mass is 9.87. The summed E-state index contributed by atoms with van der Waals surface area (Å²) in [6.45, 7) is 2.52. The number of hydrogen-bond donors (Lipinski definition) is 2. The molecule has 0 amide bonds. The summed E-state index contributed by atoms with van der Waals surface area (Å²) in [5.74, 6) is 0.195. The number of pyridine rings is 1. The predicted octanol–water partition coefficient (Wildman–Crippen LogP) is 3.92. The SMILES string of the molecule is C[C@H]1Oc2cc(cnc2N)-c2c(C#N)nn3c2C(CC3)c2cn[nH]c2-c2ccc(F)cc21. The van der Waals surface area contributed by atoms with E-state index in [4.69, 9.17) is 10.5 Å². The molecule has 3 N–H and O–H groups in total. The minimum Gasteiger partial charge on any atom is -0.482 e. The summed E-state index contributed by atoms with van der Waals surface area (Å²) in [5, 5.41) is 21.8. The Hall–Kier alpha value is -4.19. The van der Waals surface area contributed by atoms with Gasteiger partial charge in [0.1, 0.15) is 18.0 Å². The van der Waals surface area contributed by atoms with Crippen LogP contribution in [0, 0.1) is 17.1 Å². The van der Waals surface area contributed by atoms with Crippen molar-refractivity contribution in [2.24, 2.45) is 0 Å². The molecule has 0 spiro atoms. The Morgan fingerprint density at radius 1 is 1.28 bits per heavy atom. The van der Waals surface area contributed by atoms with Crippen LogP contribution in [0.15, 0.2) is 36.7 Å². The number of nitriles is 1. The van der Waals surface area contributed by atoms with Gasteiger partial charge in [-0.15, -0.1) is 0 Å². The summed E-state index contributed by atoms with van der Waals surface area (Å²) in [4.78, 5) is 4.31. The number of fused-ring (bicyclic) bond motifs is 7. The molecule has 2 aliphatic rings. The van der Waals surface area contributed by atoms with Gasteiger partial charge in [-0.2, -0.15) is 15.5 Å². The second kappa shape index (κ2) is 6.65. The Kier molecular flexibility index (Phi) is 3.86. The Labute approximate surface area is 182 Å². The van der Waals surface area contributed by atoms with Crippen LogP contribution in [0.1, 0.15) is 47.9 Å². The quantitative estimate of drug-likeness (QED) is 0.439. The van der Waals surface area contributed by atoms with E-state index in [2.05, 4.69) is 26.3 Å². The van der Waals surface area contributed by atoms with Crippen LogP contribution in [0.5, 0.6) is 5.75 Å². The smallest absolute Gasteiger partial charge is 0.170 e. The highest BCUT2D eigenvalue weighted by atomic mass is 19.1. The summed E-state index contributed by atoms with van der Waals surface area (Å²) < 4.78 is 22.3. The number of rotatable bonds is 0. The predicted molar refractivity (Wildman–Crippen MR) is 114 cm³/mol. The van der Waals surface area contributed by atoms with Crippen LogP contribution < -0.4 is 10.5 Å². The monoisotopic (exact) mass is 427 g/mol. The second-order valence-electron chi connectivity index (χ2n) is 8.08. The Morgan fingerprint density at radius 2 is 2.16 bits per heavy atom. The minimum atomic E-state index is -0.517. The van der Waals surface area contributed by atoms with Gasteiger partial charge in [-0.1, -0.05) is 0 Å². The molecule has 2 atom stereocenters. The first kappa shape index (κ1) is 18.6. The molecule has 2 aliphatic heterocycles. The van der Waals surface area contributed by atoms with Crippen LogP contribution >= 0.6 is 0 Å². The number of H-pyrrole nitrogens is 1. The number of nitrogens with zero attached hydrogens (tertiary/aromatic N) is 5. The molecule has 0 saturated carbocycles. The first-order valence-corrected chi connectivity index (χ1v) is 10.3. The number of halogens is 1. The van der Waals surface area contributed by atoms with Gasteiger partial charge in [-0.05, 0) is 37.6 Å². The third-order valence-corrected chi connectivity index (χ3v) is 6.30. The van der Waals surface area contributed by atoms with Crippen LogP contribution in [0.25, 0.3) is 22.4 Å². The molecule has 0 fully saturated rings. The Bertz CT molecular complexity index is 1430. The van der Waals surface area contributed by atoms with E-state index in [1.165, 1.54) is 12.1 Å². The standard InChI is InChI=1S/C23H18FN7O/c1-11-16-7-13(24)2-3-14(16)21-17(10-28-29-21)15-4-5-31-22(15)20(18(8-25)30-31)12-6-19(32-11)23(26)27-9-12/h2-3,6-7,9-11,15H,4-5H2,1H3,(H2,26,27)(H,28,29)/t11-,15?/m1/s1. The first-order chi connectivity index (χ1) is 15.5. The van der Waals surface area contributed by atoms with Crippen molar-refractivity contribution in [1.82, 2.24) is 25.0 Å². The fourth-order valence-electron chi connectivity index (χ4n) is 4.87. The zero-order chi connectivity index (χ0) is 22.0. The Morgan fingerprint density at radius 3 is 3.00 bits per heavy atom. The van der Waals surface area contributed by atoms with Gasteiger partial charge in [0.2, 0.25) is 0 Å². The summed E-state index contributed by atoms with van der Waals surface area (Å²) >= 11 is 0. The summed E-state index contributed by atoms with van der Waals surface area (Å²) in [7, 11) is 0. The van der Waals surface area contributed by atoms with E-state index >= 15 is 0 Å². The largest absolute Gasteiger partial charge is 0.482 e. The summed E-state index contributed by atoms with van der Waals surface area (Å²) in [6.07, 6.45) is 3.73. The number of aromatic nitrogens is 5. The van der Waals surface area contributed by atoms with E-state index < -0.39 is 6.10 Å². The molecule has 32 heavy (non-hydrogen) atoms. The molecule has 1 aromatic carbocycles. The van der Waals surface area contributed by atoms with Gasteiger partial charge in [0, 0.05) is 46.5 Å². The second-order valence-corrected chi connectivity index (χ2v) is 8.08. The van der Waals surface area contributed by atoms with Gasteiger partial charge in [0.15, 0.2) is 17.3 Å². The molecule has 9 heteroatoms. The average Bonchev–Trinajstić information content (AvgIpc) is 3.49. The lowest BCUT2D eigenvalue weighted by molar-refractivity contribution is 0.227. The van der Waals surface area contributed by atoms with Crippen molar-refractivity contribution in [1.29, 1.82) is 5.26 Å². The van der Waals surface area contributed by atoms with Gasteiger partial charge in [0.25, 0.3) is 0 Å². The van der Waals surface area contributed by atoms with Gasteiger partial charge in [-0.25, -0.2) is 9.37 Å². The zero-order valence-electron chi connectivity index (χ0n) is 17.1. The molecular weight excluding hydrogens is 409 g/mol. The van der Waals surface area contributed by atoms with Crippen molar-refractivity contribution in [2.75, 3.05) is 5.73 Å². The topological polar surface area (TPSA) is 118 Å². The van der Waals surface area contributed by atoms with Crippen molar-refractivity contribution in [3.05, 3.63) is 65.0 Å². The van der Waals surface area contributed by atoms with E-state index in [9.17, 15) is 9.65 Å². The number of hydrogen-bond acceptors (Lipinski definition) is 6. The lowest BCUT2D eigenvalue weighted by Gasteiger charge is -2.22. The van der Waals surface area contributed by atoms with Crippen LogP contribution in [-0.4, -0.2) is 25.0 Å². The number of nitrogens with two attached hydrogens (primary N) is 1. The van der Waals surface area contributed by atoms with Crippen molar-refractivity contribution in [3.63, 3.8) is 0 Å². The molecule has 3 aromatic heterocycles. The van der Waals surface area contributed by atoms with E-state index in [-0.39, 0.29) is 17.6 Å². The molecule has 0 saturated heterocycles. The summed E-state index contributed by atoms with van der Waals surface area (Å²) in [6, 6.07) is 8.64. The number of aryl methyl sites for hydroxylation is 1. The zero-order valence-corrected chi connectivity index (χ0v) is 17.1. The van der Waals surface area contributed by atoms with E-state index in [1.54, 1.807) is 24.5 Å². The fraction of sp³-hybridized carbons (Fsp3) is 0.217. The number of benzene rings is 1. The molecule has 1 unspecified atom stereocenters. The maximum Gasteiger partial charge on any atom is 0.170 e. The number of ether oxygens (including phenoxy) is 1. The van der Waals surface area contributed by atoms with Gasteiger partial charge in [0.05, 0.1) is 17.6 Å². The highest BCUT2D eigenvalue weighted by molar-refractivity contribution is 5.77. The molecule has 0 radical (unpaired) electrons. The molecule has 6 rings (SSSR count). The lowest BCUT2D eigenvalue weighted by Crippen LogP contribution is -2.10. The van der Waals surface area contributed by atoms with Crippen molar-refractivity contribution < 1.29 is 9.13 Å². The highest BCUT2D eigenvalue weighted by Crippen LogP contribution is 2.46. The third-order valence-electron chi connectivity index (χ3n) is 6.30. The molecule has 5 heterocycles. The molecule has 8 nitrogen and oxygen atoms in total. The van der Waals surface area contributed by atoms with Crippen LogP contribution in [0.3, 0.4) is 0 Å². The molecule has 2 bridgehead atoms. The van der Waals surface area contributed by atoms with Gasteiger partial charge >= 0.3 is 0 Å². The maximum absolute atomic E-state index is 14.3. The van der Waals surface area contributed by atoms with E-state index in [1.807, 2.05) is 11.6 Å². The van der Waals surface area contributed by atoms with Gasteiger partial charge in [-0.3, -0.25) is 9.78 Å². The van der Waals surface area contributed by atoms with Crippen molar-refractivity contribution in [2.45, 2.75) is 31.9 Å². The third kappa shape index (κ3) is 2.56. The van der Waals surface area contributed by atoms with Crippen molar-refractivity contribution >= 4 is 5.82 Å². The first-order valence-electron chi connectivity index (χ1n) is 10.3. The average molecular weight is 427 g/mol. The van der Waals surface area contributed by atoms with Crippen LogP contribution in [0.2, 0.25) is 0 Å². The normalized spacial score (nSPS) is 18.4.